The number of hydrogen-bond donors (Lipinski definition) is 1. The van der Waals surface area contributed by atoms with Crippen molar-refractivity contribution in [2.45, 2.75) is 13.8 Å². The van der Waals surface area contributed by atoms with Gasteiger partial charge >= 0.3 is 24.4 Å². The Morgan fingerprint density at radius 2 is 1.32 bits per heavy atom. The number of carbonyl (C=O) groups excluding carboxylic acids is 1. The van der Waals surface area contributed by atoms with Crippen molar-refractivity contribution in [1.82, 2.24) is 10.4 Å². The van der Waals surface area contributed by atoms with Crippen molar-refractivity contribution < 1.29 is 9.90 Å². The van der Waals surface area contributed by atoms with Crippen LogP contribution in [-0.4, -0.2) is 52.6 Å². The molecule has 0 atom stereocenters. The molecule has 2 radical (unpaired) electrons. The van der Waals surface area contributed by atoms with Crippen LogP contribution in [-0.2, 0) is 0 Å². The first kappa shape index (κ1) is 24.0. The second-order valence-electron chi connectivity index (χ2n) is 6.37. The zero-order valence-corrected chi connectivity index (χ0v) is 19.6. The van der Waals surface area contributed by atoms with Crippen molar-refractivity contribution in [2.75, 3.05) is 0 Å². The second kappa shape index (κ2) is 11.8. The summed E-state index contributed by atoms with van der Waals surface area (Å²) in [6, 6.07) is 22.9. The van der Waals surface area contributed by atoms with E-state index in [0.717, 1.165) is 0 Å². The maximum Gasteiger partial charge on any atom is 3.00 e. The van der Waals surface area contributed by atoms with Crippen LogP contribution in [0.25, 0.3) is 0 Å². The summed E-state index contributed by atoms with van der Waals surface area (Å²) in [6.07, 6.45) is 0. The van der Waals surface area contributed by atoms with Crippen LogP contribution in [0.15, 0.2) is 94.2 Å². The Morgan fingerprint density at radius 3 is 1.94 bits per heavy atom. The zero-order valence-electron chi connectivity index (χ0n) is 17.1. The van der Waals surface area contributed by atoms with Crippen molar-refractivity contribution in [3.05, 3.63) is 101 Å². The molecule has 0 aliphatic carbocycles. The molecule has 3 aromatic rings. The summed E-state index contributed by atoms with van der Waals surface area (Å²) in [7, 11) is 0. The Labute approximate surface area is 198 Å². The molecular formula is C23H20N5O2Sb+2. The van der Waals surface area contributed by atoms with Gasteiger partial charge < -0.3 is 5.11 Å². The third-order valence-electron chi connectivity index (χ3n) is 4.16. The summed E-state index contributed by atoms with van der Waals surface area (Å²) in [5.74, 6) is -0.727. The van der Waals surface area contributed by atoms with Crippen LogP contribution in [0.5, 0.6) is 0 Å². The fourth-order valence-electron chi connectivity index (χ4n) is 2.49. The van der Waals surface area contributed by atoms with E-state index in [2.05, 4.69) is 25.7 Å². The van der Waals surface area contributed by atoms with E-state index < -0.39 is 5.90 Å². The van der Waals surface area contributed by atoms with E-state index in [1.807, 2.05) is 12.1 Å². The monoisotopic (exact) mass is 519 g/mol. The van der Waals surface area contributed by atoms with Crippen molar-refractivity contribution in [2.24, 2.45) is 15.3 Å². The first-order chi connectivity index (χ1) is 14.5. The van der Waals surface area contributed by atoms with E-state index in [1.165, 1.54) is 0 Å². The van der Waals surface area contributed by atoms with Gasteiger partial charge in [-0.1, -0.05) is 54.6 Å². The maximum atomic E-state index is 12.1. The molecule has 0 bridgehead atoms. The predicted octanol–water partition coefficient (Wildman–Crippen LogP) is 2.39. The Hall–Kier alpha value is -3.31. The van der Waals surface area contributed by atoms with Crippen molar-refractivity contribution in [1.29, 1.82) is 0 Å². The molecule has 152 valence electrons. The van der Waals surface area contributed by atoms with Gasteiger partial charge in [-0.05, 0) is 43.7 Å². The smallest absolute Gasteiger partial charge is 0.857 e. The van der Waals surface area contributed by atoms with Gasteiger partial charge in [0.1, 0.15) is 0 Å². The van der Waals surface area contributed by atoms with Gasteiger partial charge in [0.25, 0.3) is 5.91 Å². The Kier molecular flexibility index (Phi) is 9.09. The molecule has 0 spiro atoms. The van der Waals surface area contributed by atoms with E-state index in [0.29, 0.717) is 33.9 Å². The molecule has 0 saturated heterocycles. The molecule has 31 heavy (non-hydrogen) atoms. The summed E-state index contributed by atoms with van der Waals surface area (Å²) in [6.45, 7) is 3.46. The molecule has 7 nitrogen and oxygen atoms in total. The summed E-state index contributed by atoms with van der Waals surface area (Å²) in [5, 5.41) is 24.0. The van der Waals surface area contributed by atoms with Gasteiger partial charge in [0, 0.05) is 11.5 Å². The number of benzene rings is 2. The van der Waals surface area contributed by atoms with Gasteiger partial charge in [0.2, 0.25) is 0 Å². The molecule has 2 aromatic carbocycles. The van der Waals surface area contributed by atoms with Crippen molar-refractivity contribution in [3.8, 4) is 0 Å². The summed E-state index contributed by atoms with van der Waals surface area (Å²) >= 11 is 0. The molecule has 1 heterocycles. The molecule has 8 heteroatoms. The molecule has 0 saturated carbocycles. The normalized spacial score (nSPS) is 12.1. The number of hydrazone groups is 1. The van der Waals surface area contributed by atoms with E-state index in [9.17, 15) is 9.90 Å². The minimum absolute atomic E-state index is 0. The summed E-state index contributed by atoms with van der Waals surface area (Å²) in [4.78, 5) is 16.6. The predicted molar refractivity (Wildman–Crippen MR) is 121 cm³/mol. The van der Waals surface area contributed by atoms with Gasteiger partial charge in [-0.25, -0.2) is 10.4 Å². The summed E-state index contributed by atoms with van der Waals surface area (Å²) in [5.41, 5.74) is 5.65. The van der Waals surface area contributed by atoms with Crippen molar-refractivity contribution in [3.63, 3.8) is 0 Å². The molecule has 0 fully saturated rings. The molecule has 1 amide bonds. The quantitative estimate of drug-likeness (QED) is 0.234. The molecule has 1 N–H and O–H groups in total. The topological polar surface area (TPSA) is 102 Å². The standard InChI is InChI=1S/C23H21N5O2.Sb/c1-16(25-27-22(29)18-10-5-3-6-11-18)20-14-9-15-21(24-20)17(2)26-28-23(30)19-12-7-4-8-13-19;/h3-15H,1-2H3,(H,27,29)(H,28,30);/q;+3/p-1/b25-16+,26-17+;. The Morgan fingerprint density at radius 1 is 0.774 bits per heavy atom. The van der Waals surface area contributed by atoms with Crippen LogP contribution in [0.4, 0.5) is 0 Å². The largest absolute Gasteiger partial charge is 3.00 e. The number of nitrogens with one attached hydrogen (secondary N) is 1. The number of aromatic nitrogens is 1. The fourth-order valence-corrected chi connectivity index (χ4v) is 2.49. The Bertz CT molecular complexity index is 1110. The zero-order chi connectivity index (χ0) is 21.3. The number of carbonyl (C=O) groups is 1. The van der Waals surface area contributed by atoms with Gasteiger partial charge in [-0.3, -0.25) is 4.79 Å². The maximum absolute atomic E-state index is 12.1. The average Bonchev–Trinajstić information content (AvgIpc) is 2.81. The van der Waals surface area contributed by atoms with Gasteiger partial charge in [0.15, 0.2) is 0 Å². The van der Waals surface area contributed by atoms with Crippen molar-refractivity contribution >= 4 is 47.7 Å². The SMILES string of the molecule is C/C(=N\N=C(/[O-])c1ccccc1)c1cccc(/C(C)=N/NC(=O)c2ccccc2)n1.[Sb+3]. The number of hydrogen-bond acceptors (Lipinski definition) is 6. The number of rotatable bonds is 6. The van der Waals surface area contributed by atoms with Gasteiger partial charge in [-0.15, -0.1) is 0 Å². The van der Waals surface area contributed by atoms with Crippen LogP contribution in [0, 0.1) is 0 Å². The van der Waals surface area contributed by atoms with Gasteiger partial charge in [-0.2, -0.15) is 15.3 Å². The molecule has 0 aliphatic rings. The minimum atomic E-state index is -0.424. The van der Waals surface area contributed by atoms with E-state index >= 15 is 0 Å². The van der Waals surface area contributed by atoms with E-state index in [1.54, 1.807) is 80.6 Å². The number of nitrogens with zero attached hydrogens (tertiary/aromatic N) is 4. The molecule has 1 aromatic heterocycles. The third-order valence-corrected chi connectivity index (χ3v) is 4.16. The summed E-state index contributed by atoms with van der Waals surface area (Å²) < 4.78 is 0. The van der Waals surface area contributed by atoms with Crippen LogP contribution < -0.4 is 10.5 Å². The first-order valence-electron chi connectivity index (χ1n) is 9.27. The van der Waals surface area contributed by atoms with Crippen LogP contribution in [0.2, 0.25) is 0 Å². The van der Waals surface area contributed by atoms with E-state index in [4.69, 9.17) is 0 Å². The average molecular weight is 520 g/mol. The first-order valence-corrected chi connectivity index (χ1v) is 9.27. The fraction of sp³-hybridized carbons (Fsp3) is 0.0870. The molecule has 0 aliphatic heterocycles. The molecule has 0 unspecified atom stereocenters. The minimum Gasteiger partial charge on any atom is -0.857 e. The van der Waals surface area contributed by atoms with E-state index in [-0.39, 0.29) is 30.3 Å². The Balaban J connectivity index is 0.00000341. The molecular weight excluding hydrogens is 500 g/mol. The number of amides is 1. The van der Waals surface area contributed by atoms with Gasteiger partial charge in [0.05, 0.1) is 22.8 Å². The third kappa shape index (κ3) is 6.86. The molecule has 3 rings (SSSR count). The van der Waals surface area contributed by atoms with Crippen LogP contribution in [0.1, 0.15) is 41.2 Å². The second-order valence-corrected chi connectivity index (χ2v) is 6.37. The number of pyridine rings is 1. The van der Waals surface area contributed by atoms with Crippen LogP contribution in [0.3, 0.4) is 0 Å². The van der Waals surface area contributed by atoms with Crippen LogP contribution >= 0.6 is 0 Å².